The van der Waals surface area contributed by atoms with Crippen LogP contribution in [-0.4, -0.2) is 18.1 Å². The summed E-state index contributed by atoms with van der Waals surface area (Å²) < 4.78 is 5.06. The van der Waals surface area contributed by atoms with E-state index in [0.29, 0.717) is 21.9 Å². The lowest BCUT2D eigenvalue weighted by molar-refractivity contribution is -0.130. The molecule has 0 unspecified atom stereocenters. The molecule has 2 rings (SSSR count). The number of rotatable bonds is 5. The van der Waals surface area contributed by atoms with Crippen molar-refractivity contribution in [3.05, 3.63) is 64.7 Å². The number of carbonyl (C=O) groups is 1. The summed E-state index contributed by atoms with van der Waals surface area (Å²) >= 11 is 6.04. The van der Waals surface area contributed by atoms with Gasteiger partial charge >= 0.3 is 0 Å². The van der Waals surface area contributed by atoms with Crippen molar-refractivity contribution in [3.63, 3.8) is 0 Å². The first kappa shape index (κ1) is 16.8. The average Bonchev–Trinajstić information content (AvgIpc) is 2.59. The predicted octanol–water partition coefficient (Wildman–Crippen LogP) is 2.76. The highest BCUT2D eigenvalue weighted by Gasteiger charge is 2.23. The lowest BCUT2D eigenvalue weighted by Gasteiger charge is -2.17. The Morgan fingerprint density at radius 1 is 1.30 bits per heavy atom. The zero-order chi connectivity index (χ0) is 16.8. The molecule has 0 bridgehead atoms. The molecule has 2 atom stereocenters. The lowest BCUT2D eigenvalue weighted by atomic mass is 10.1. The zero-order valence-electron chi connectivity index (χ0n) is 12.4. The molecule has 0 aliphatic rings. The number of nitriles is 1. The van der Waals surface area contributed by atoms with Crippen LogP contribution in [0.5, 0.6) is 5.75 Å². The van der Waals surface area contributed by atoms with Crippen molar-refractivity contribution in [2.24, 2.45) is 0 Å². The van der Waals surface area contributed by atoms with E-state index in [9.17, 15) is 15.2 Å². The van der Waals surface area contributed by atoms with E-state index in [1.165, 1.54) is 7.11 Å². The number of halogens is 1. The molecular weight excluding hydrogens is 316 g/mol. The summed E-state index contributed by atoms with van der Waals surface area (Å²) in [6.45, 7) is 0. The number of aliphatic hydroxyl groups is 1. The van der Waals surface area contributed by atoms with E-state index in [1.807, 2.05) is 6.07 Å². The van der Waals surface area contributed by atoms with Gasteiger partial charge in [-0.2, -0.15) is 5.26 Å². The first-order valence-corrected chi connectivity index (χ1v) is 7.21. The van der Waals surface area contributed by atoms with Crippen LogP contribution in [0.3, 0.4) is 0 Å². The van der Waals surface area contributed by atoms with Crippen LogP contribution in [0.4, 0.5) is 0 Å². The van der Waals surface area contributed by atoms with Crippen LogP contribution in [0, 0.1) is 11.3 Å². The molecule has 0 heterocycles. The fourth-order valence-corrected chi connectivity index (χ4v) is 2.32. The summed E-state index contributed by atoms with van der Waals surface area (Å²) in [5, 5.41) is 22.3. The number of ether oxygens (including phenoxy) is 1. The number of carbonyl (C=O) groups excluding carboxylic acids is 1. The minimum absolute atomic E-state index is 0.371. The molecule has 6 heteroatoms. The minimum atomic E-state index is -1.41. The Balaban J connectivity index is 2.16. The maximum absolute atomic E-state index is 12.2. The third-order valence-corrected chi connectivity index (χ3v) is 3.63. The van der Waals surface area contributed by atoms with Crippen molar-refractivity contribution < 1.29 is 14.6 Å². The highest BCUT2D eigenvalue weighted by atomic mass is 35.5. The van der Waals surface area contributed by atoms with Crippen molar-refractivity contribution in [1.29, 1.82) is 5.26 Å². The SMILES string of the molecule is COc1cccc([C@H](O)C(=O)N[C@H](C#N)c2ccccc2Cl)c1. The zero-order valence-corrected chi connectivity index (χ0v) is 13.1. The number of aliphatic hydroxyl groups excluding tert-OH is 1. The molecule has 2 aromatic rings. The van der Waals surface area contributed by atoms with Crippen molar-refractivity contribution in [3.8, 4) is 11.8 Å². The summed E-state index contributed by atoms with van der Waals surface area (Å²) in [5.41, 5.74) is 0.848. The molecule has 2 N–H and O–H groups in total. The van der Waals surface area contributed by atoms with E-state index < -0.39 is 18.1 Å². The van der Waals surface area contributed by atoms with Gasteiger partial charge in [0.25, 0.3) is 5.91 Å². The molecule has 0 saturated heterocycles. The molecule has 0 radical (unpaired) electrons. The molecule has 23 heavy (non-hydrogen) atoms. The number of hydrogen-bond acceptors (Lipinski definition) is 4. The summed E-state index contributed by atoms with van der Waals surface area (Å²) in [6, 6.07) is 14.3. The van der Waals surface area contributed by atoms with Gasteiger partial charge in [-0.3, -0.25) is 4.79 Å². The topological polar surface area (TPSA) is 82.3 Å². The molecule has 0 fully saturated rings. The van der Waals surface area contributed by atoms with Crippen molar-refractivity contribution >= 4 is 17.5 Å². The fourth-order valence-electron chi connectivity index (χ4n) is 2.07. The van der Waals surface area contributed by atoms with Crippen molar-refractivity contribution in [1.82, 2.24) is 5.32 Å². The van der Waals surface area contributed by atoms with Crippen LogP contribution in [0.25, 0.3) is 0 Å². The Kier molecular flexibility index (Phi) is 5.58. The molecule has 5 nitrogen and oxygen atoms in total. The summed E-state index contributed by atoms with van der Waals surface area (Å²) in [6.07, 6.45) is -1.41. The molecule has 0 saturated carbocycles. The Hall–Kier alpha value is -2.55. The van der Waals surface area contributed by atoms with Gasteiger partial charge in [0.15, 0.2) is 6.10 Å². The Labute approximate surface area is 139 Å². The first-order chi connectivity index (χ1) is 11.1. The van der Waals surface area contributed by atoms with Gasteiger partial charge in [0.1, 0.15) is 11.8 Å². The Morgan fingerprint density at radius 2 is 2.04 bits per heavy atom. The van der Waals surface area contributed by atoms with E-state index in [1.54, 1.807) is 48.5 Å². The molecular formula is C17H15ClN2O3. The smallest absolute Gasteiger partial charge is 0.254 e. The first-order valence-electron chi connectivity index (χ1n) is 6.83. The van der Waals surface area contributed by atoms with Crippen LogP contribution >= 0.6 is 11.6 Å². The number of methoxy groups -OCH3 is 1. The highest BCUT2D eigenvalue weighted by molar-refractivity contribution is 6.31. The monoisotopic (exact) mass is 330 g/mol. The van der Waals surface area contributed by atoms with Gasteiger partial charge in [-0.25, -0.2) is 0 Å². The van der Waals surface area contributed by atoms with Gasteiger partial charge in [0.2, 0.25) is 0 Å². The lowest BCUT2D eigenvalue weighted by Crippen LogP contribution is -2.32. The van der Waals surface area contributed by atoms with E-state index in [2.05, 4.69) is 5.32 Å². The van der Waals surface area contributed by atoms with Gasteiger partial charge in [-0.05, 0) is 23.8 Å². The fraction of sp³-hybridized carbons (Fsp3) is 0.176. The maximum Gasteiger partial charge on any atom is 0.254 e. The van der Waals surface area contributed by atoms with E-state index in [4.69, 9.17) is 16.3 Å². The Bertz CT molecular complexity index is 743. The van der Waals surface area contributed by atoms with Gasteiger partial charge in [0.05, 0.1) is 13.2 Å². The Morgan fingerprint density at radius 3 is 2.70 bits per heavy atom. The number of nitrogens with zero attached hydrogens (tertiary/aromatic N) is 1. The maximum atomic E-state index is 12.2. The normalized spacial score (nSPS) is 12.8. The third-order valence-electron chi connectivity index (χ3n) is 3.29. The molecule has 1 amide bonds. The second-order valence-electron chi connectivity index (χ2n) is 4.77. The van der Waals surface area contributed by atoms with Gasteiger partial charge in [-0.1, -0.05) is 41.9 Å². The minimum Gasteiger partial charge on any atom is -0.497 e. The third kappa shape index (κ3) is 4.01. The highest BCUT2D eigenvalue weighted by Crippen LogP contribution is 2.24. The molecule has 118 valence electrons. The number of hydrogen-bond donors (Lipinski definition) is 2. The summed E-state index contributed by atoms with van der Waals surface area (Å²) in [7, 11) is 1.49. The van der Waals surface area contributed by atoms with E-state index >= 15 is 0 Å². The standard InChI is InChI=1S/C17H15ClN2O3/c1-23-12-6-4-5-11(9-12)16(21)17(22)20-15(10-19)13-7-2-3-8-14(13)18/h2-9,15-16,21H,1H3,(H,20,22)/t15-,16+/m1/s1. The number of nitrogens with one attached hydrogen (secondary N) is 1. The van der Waals surface area contributed by atoms with Crippen molar-refractivity contribution in [2.75, 3.05) is 7.11 Å². The van der Waals surface area contributed by atoms with Crippen LogP contribution in [0.2, 0.25) is 5.02 Å². The van der Waals surface area contributed by atoms with E-state index in [-0.39, 0.29) is 0 Å². The summed E-state index contributed by atoms with van der Waals surface area (Å²) in [4.78, 5) is 12.2. The molecule has 2 aromatic carbocycles. The number of benzene rings is 2. The quantitative estimate of drug-likeness (QED) is 0.883. The molecule has 0 spiro atoms. The predicted molar refractivity (Wildman–Crippen MR) is 85.9 cm³/mol. The van der Waals surface area contributed by atoms with Gasteiger partial charge in [0, 0.05) is 10.6 Å². The van der Waals surface area contributed by atoms with Crippen LogP contribution < -0.4 is 10.1 Å². The second-order valence-corrected chi connectivity index (χ2v) is 5.18. The van der Waals surface area contributed by atoms with Crippen molar-refractivity contribution in [2.45, 2.75) is 12.1 Å². The van der Waals surface area contributed by atoms with Crippen LogP contribution in [0.15, 0.2) is 48.5 Å². The summed E-state index contributed by atoms with van der Waals surface area (Å²) in [5.74, 6) is -0.165. The number of amides is 1. The average molecular weight is 331 g/mol. The van der Waals surface area contributed by atoms with Gasteiger partial charge < -0.3 is 15.2 Å². The molecule has 0 aliphatic heterocycles. The van der Waals surface area contributed by atoms with E-state index in [0.717, 1.165) is 0 Å². The molecule has 0 aromatic heterocycles. The molecule has 0 aliphatic carbocycles. The van der Waals surface area contributed by atoms with Crippen LogP contribution in [-0.2, 0) is 4.79 Å². The largest absolute Gasteiger partial charge is 0.497 e. The second kappa shape index (κ2) is 7.63. The van der Waals surface area contributed by atoms with Gasteiger partial charge in [-0.15, -0.1) is 0 Å². The van der Waals surface area contributed by atoms with Crippen LogP contribution in [0.1, 0.15) is 23.3 Å².